The summed E-state index contributed by atoms with van der Waals surface area (Å²) in [4.78, 5) is 71.4. The number of thiophene rings is 2. The fourth-order valence-corrected chi connectivity index (χ4v) is 22.1. The van der Waals surface area contributed by atoms with Gasteiger partial charge in [0.2, 0.25) is 31.2 Å². The van der Waals surface area contributed by atoms with Crippen LogP contribution in [0.1, 0.15) is 115 Å². The second-order valence-electron chi connectivity index (χ2n) is 24.5. The van der Waals surface area contributed by atoms with Gasteiger partial charge in [-0.15, -0.1) is 22.7 Å². The molecule has 544 valence electrons. The number of sulfonamides is 2. The SMILES string of the molecule is CCN(C(=O)CNC(=O)OCC1c2ccccc2-c2ccccc21)[C@H]1C[C@H](C)S(=O)(=O)c2sc(S(N)(=O)=O)cc21.CCN[C@H]1C[C@H](C)S(=O)(=O)c2sc(S(N)(=O)=O)cc21.O=C(Cl)CNC(=O)OCC1c2ccccc2-c2ccccc21.O=C(O)CNC(=O)OCC1c2ccccc2-c2ccccc21. The van der Waals surface area contributed by atoms with Crippen LogP contribution in [-0.2, 0) is 68.3 Å². The van der Waals surface area contributed by atoms with Crippen molar-refractivity contribution >= 4 is 109 Å². The number of primary sulfonamides is 2. The third kappa shape index (κ3) is 17.2. The van der Waals surface area contributed by atoms with Crippen LogP contribution in [0.5, 0.6) is 0 Å². The van der Waals surface area contributed by atoms with Gasteiger partial charge in [-0.2, -0.15) is 0 Å². The minimum atomic E-state index is -4.14. The molecule has 32 heteroatoms. The van der Waals surface area contributed by atoms with E-state index in [1.165, 1.54) is 35.1 Å². The summed E-state index contributed by atoms with van der Waals surface area (Å²) in [6, 6.07) is 49.9. The van der Waals surface area contributed by atoms with Gasteiger partial charge in [0.25, 0.3) is 0 Å². The quantitative estimate of drug-likeness (QED) is 0.0310. The third-order valence-electron chi connectivity index (χ3n) is 18.1. The number of rotatable bonds is 18. The number of aliphatic carboxylic acids is 1. The standard InChI is InChI=1S/C27H29N3O7S3.C17H14ClNO3.C17H15NO4.C10H16N2O4S3/c1-3-30(23-12-16(2)39(33,34)26-21(23)13-25(38-26)40(28,35)36)24(31)14-29-27(32)37-15-22-19-10-6-4-8-17(19)18-9-5-7-11-20(18)22;18-16(20)9-19-17(21)22-10-15-13-7-3-1-5-11(13)12-6-2-4-8-14(12)15;19-16(20)9-18-17(21)22-10-15-13-7-3-1-5-11(13)12-6-2-4-8-14(12)15;1-3-12-8-4-6(2)18(13,14)10-7(8)5-9(17-10)19(11,15)16/h4-11,13,16,22-23H,3,12,14-15H2,1-2H3,(H,29,32)(H2,28,35,36);1-8,15H,9-10H2,(H,19,21);1-8,15H,9-10H2,(H,18,21)(H,19,20);5-6,8,12H,3-4H2,1-2H3,(H2,11,15,16)/t16-,23-;;;6-,8-/m0..0/s1. The molecule has 9 N–H and O–H groups in total. The second kappa shape index (κ2) is 32.4. The minimum absolute atomic E-state index is 0.00449. The number of halogens is 1. The highest BCUT2D eigenvalue weighted by molar-refractivity contribution is 7.96. The fourth-order valence-electron chi connectivity index (χ4n) is 13.2. The van der Waals surface area contributed by atoms with Crippen molar-refractivity contribution < 1.29 is 81.8 Å². The number of ether oxygens (including phenoxy) is 3. The third-order valence-corrected chi connectivity index (χ3v) is 28.8. The molecular formula is C71H74ClN7O18S6. The molecule has 0 bridgehead atoms. The topological polar surface area (TPSA) is 390 Å². The number of carbonyl (C=O) groups is 6. The molecule has 0 radical (unpaired) electrons. The number of hydrogen-bond acceptors (Lipinski definition) is 20. The van der Waals surface area contributed by atoms with E-state index in [0.29, 0.717) is 29.9 Å². The Morgan fingerprint density at radius 1 is 0.505 bits per heavy atom. The van der Waals surface area contributed by atoms with E-state index < -0.39 is 98.2 Å². The number of carboxylic acids is 1. The zero-order valence-corrected chi connectivity index (χ0v) is 61.6. The van der Waals surface area contributed by atoms with Gasteiger partial charge in [-0.1, -0.05) is 153 Å². The molecule has 2 aliphatic heterocycles. The van der Waals surface area contributed by atoms with Gasteiger partial charge in [0.05, 0.1) is 23.1 Å². The van der Waals surface area contributed by atoms with Crippen LogP contribution in [0.25, 0.3) is 33.4 Å². The first-order chi connectivity index (χ1) is 48.9. The summed E-state index contributed by atoms with van der Waals surface area (Å²) in [6.45, 7) is 7.13. The molecule has 4 heterocycles. The molecule has 2 aromatic heterocycles. The maximum absolute atomic E-state index is 13.2. The number of likely N-dealkylation sites (N-methyl/N-ethyl adjacent to an activating group) is 1. The first-order valence-corrected chi connectivity index (χ1v) is 40.6. The van der Waals surface area contributed by atoms with E-state index in [9.17, 15) is 62.4 Å². The van der Waals surface area contributed by atoms with Crippen molar-refractivity contribution in [3.8, 4) is 33.4 Å². The molecule has 13 rings (SSSR count). The number of carboxylic acid groups (broad SMARTS) is 1. The van der Waals surface area contributed by atoms with E-state index in [4.69, 9.17) is 41.2 Å². The highest BCUT2D eigenvalue weighted by atomic mass is 35.5. The largest absolute Gasteiger partial charge is 0.480 e. The maximum atomic E-state index is 13.2. The maximum Gasteiger partial charge on any atom is 0.407 e. The average molecular weight is 1540 g/mol. The van der Waals surface area contributed by atoms with Gasteiger partial charge in [-0.25, -0.2) is 58.3 Å². The van der Waals surface area contributed by atoms with Crippen molar-refractivity contribution in [2.75, 3.05) is 52.5 Å². The van der Waals surface area contributed by atoms with Crippen molar-refractivity contribution in [3.63, 3.8) is 0 Å². The van der Waals surface area contributed by atoms with Gasteiger partial charge in [0.1, 0.15) is 49.7 Å². The monoisotopic (exact) mass is 1540 g/mol. The molecule has 103 heavy (non-hydrogen) atoms. The molecule has 0 fully saturated rings. The molecule has 0 unspecified atom stereocenters. The Balaban J connectivity index is 0.000000156. The zero-order valence-electron chi connectivity index (χ0n) is 55.9. The number of hydrogen-bond donors (Lipinski definition) is 7. The number of carbonyl (C=O) groups excluding carboxylic acids is 5. The molecule has 6 aromatic carbocycles. The van der Waals surface area contributed by atoms with Crippen LogP contribution in [0.15, 0.2) is 175 Å². The number of amides is 4. The highest BCUT2D eigenvalue weighted by Crippen LogP contribution is 2.49. The number of sulfone groups is 2. The summed E-state index contributed by atoms with van der Waals surface area (Å²) in [5, 5.41) is 27.1. The highest BCUT2D eigenvalue weighted by Gasteiger charge is 2.44. The van der Waals surface area contributed by atoms with Crippen molar-refractivity contribution in [2.24, 2.45) is 10.3 Å². The lowest BCUT2D eigenvalue weighted by molar-refractivity contribution is -0.136. The Hall–Kier alpha value is -8.89. The lowest BCUT2D eigenvalue weighted by atomic mass is 9.98. The van der Waals surface area contributed by atoms with E-state index in [0.717, 1.165) is 67.0 Å². The van der Waals surface area contributed by atoms with Crippen LogP contribution in [0.4, 0.5) is 14.4 Å². The zero-order chi connectivity index (χ0) is 74.3. The Labute approximate surface area is 609 Å². The molecule has 0 spiro atoms. The van der Waals surface area contributed by atoms with E-state index >= 15 is 0 Å². The Morgan fingerprint density at radius 2 is 0.825 bits per heavy atom. The van der Waals surface area contributed by atoms with Crippen LogP contribution in [0.3, 0.4) is 0 Å². The van der Waals surface area contributed by atoms with Gasteiger partial charge in [-0.3, -0.25) is 14.4 Å². The van der Waals surface area contributed by atoms with Gasteiger partial charge >= 0.3 is 24.2 Å². The smallest absolute Gasteiger partial charge is 0.407 e. The van der Waals surface area contributed by atoms with Crippen LogP contribution in [-0.4, -0.2) is 142 Å². The van der Waals surface area contributed by atoms with Gasteiger partial charge < -0.3 is 45.5 Å². The summed E-state index contributed by atoms with van der Waals surface area (Å²) in [5.74, 6) is -1.71. The Kier molecular flexibility index (Phi) is 24.2. The number of alkyl carbamates (subject to hydrolysis) is 3. The van der Waals surface area contributed by atoms with Crippen LogP contribution < -0.4 is 31.5 Å². The van der Waals surface area contributed by atoms with Crippen molar-refractivity contribution in [1.82, 2.24) is 26.2 Å². The molecule has 4 atom stereocenters. The van der Waals surface area contributed by atoms with Gasteiger partial charge in [-0.05, 0) is 131 Å². The van der Waals surface area contributed by atoms with Crippen LogP contribution in [0, 0.1) is 0 Å². The first-order valence-electron chi connectivity index (χ1n) is 32.4. The van der Waals surface area contributed by atoms with Crippen molar-refractivity contribution in [1.29, 1.82) is 0 Å². The first kappa shape index (κ1) is 76.7. The fraction of sp³-hybridized carbons (Fsp3) is 0.296. The molecule has 3 aliphatic carbocycles. The number of benzene rings is 6. The van der Waals surface area contributed by atoms with E-state index in [1.807, 2.05) is 128 Å². The Bertz CT molecular complexity index is 4790. The van der Waals surface area contributed by atoms with Gasteiger partial charge in [0.15, 0.2) is 19.7 Å². The number of nitrogens with zero attached hydrogens (tertiary/aromatic N) is 1. The summed E-state index contributed by atoms with van der Waals surface area (Å²) in [7, 11) is -15.2. The molecule has 0 saturated heterocycles. The molecule has 25 nitrogen and oxygen atoms in total. The molecule has 4 amide bonds. The molecule has 8 aromatic rings. The lowest BCUT2D eigenvalue weighted by Crippen LogP contribution is -2.44. The Morgan fingerprint density at radius 3 is 1.16 bits per heavy atom. The summed E-state index contributed by atoms with van der Waals surface area (Å²) >= 11 is 6.51. The van der Waals surface area contributed by atoms with E-state index in [-0.39, 0.29) is 92.1 Å². The summed E-state index contributed by atoms with van der Waals surface area (Å²) in [5.41, 5.74) is 14.2. The lowest BCUT2D eigenvalue weighted by Gasteiger charge is -2.36. The number of nitrogens with one attached hydrogen (secondary N) is 4. The summed E-state index contributed by atoms with van der Waals surface area (Å²) in [6.07, 6.45) is -1.59. The average Bonchev–Trinajstić information content (AvgIpc) is 1.67. The van der Waals surface area contributed by atoms with Crippen molar-refractivity contribution in [2.45, 2.75) is 97.7 Å². The normalized spacial score (nSPS) is 17.6. The van der Waals surface area contributed by atoms with Crippen LogP contribution in [0.2, 0.25) is 0 Å². The summed E-state index contributed by atoms with van der Waals surface area (Å²) < 4.78 is 113. The van der Waals surface area contributed by atoms with Gasteiger partial charge in [0, 0.05) is 41.5 Å². The van der Waals surface area contributed by atoms with Crippen molar-refractivity contribution in [3.05, 3.63) is 202 Å². The molecular weight excluding hydrogens is 1470 g/mol. The predicted octanol–water partition coefficient (Wildman–Crippen LogP) is 9.90. The second-order valence-corrected chi connectivity index (χ2v) is 35.7. The predicted molar refractivity (Wildman–Crippen MR) is 388 cm³/mol. The molecule has 5 aliphatic rings. The molecule has 0 saturated carbocycles. The van der Waals surface area contributed by atoms with E-state index in [1.54, 1.807) is 13.8 Å². The minimum Gasteiger partial charge on any atom is -0.480 e. The van der Waals surface area contributed by atoms with Crippen LogP contribution >= 0.6 is 34.3 Å². The number of fused-ring (bicyclic) bond motifs is 11. The number of nitrogens with two attached hydrogens (primary N) is 2. The van der Waals surface area contributed by atoms with E-state index in [2.05, 4.69) is 45.5 Å².